The summed E-state index contributed by atoms with van der Waals surface area (Å²) < 4.78 is 5.00. The number of hydrogen-bond acceptors (Lipinski definition) is 8. The highest BCUT2D eigenvalue weighted by Crippen LogP contribution is 2.19. The lowest BCUT2D eigenvalue weighted by Crippen LogP contribution is -2.56. The van der Waals surface area contributed by atoms with E-state index in [1.54, 1.807) is 18.2 Å². The van der Waals surface area contributed by atoms with E-state index >= 15 is 0 Å². The van der Waals surface area contributed by atoms with Gasteiger partial charge in [-0.1, -0.05) is 68.4 Å². The molecule has 4 amide bonds. The van der Waals surface area contributed by atoms with E-state index in [0.29, 0.717) is 0 Å². The van der Waals surface area contributed by atoms with Gasteiger partial charge in [0.1, 0.15) is 0 Å². The monoisotopic (exact) mass is 560 g/mol. The summed E-state index contributed by atoms with van der Waals surface area (Å²) in [5.41, 5.74) is 0. The third-order valence-corrected chi connectivity index (χ3v) is 6.21. The lowest BCUT2D eigenvalue weighted by atomic mass is 10.0. The van der Waals surface area contributed by atoms with Crippen molar-refractivity contribution in [2.24, 2.45) is 0 Å². The number of aliphatic hydroxyl groups excluding tert-OH is 2. The lowest BCUT2D eigenvalue weighted by Gasteiger charge is -2.26. The zero-order chi connectivity index (χ0) is 29.3. The molecule has 2 saturated heterocycles. The minimum Gasteiger partial charge on any atom is -0.457 e. The second-order valence-corrected chi connectivity index (χ2v) is 9.50. The summed E-state index contributed by atoms with van der Waals surface area (Å²) in [7, 11) is 0. The minimum absolute atomic E-state index is 0.0665. The number of hydrogen-bond donors (Lipinski definition) is 6. The first-order valence-electron chi connectivity index (χ1n) is 13.6. The van der Waals surface area contributed by atoms with Crippen LogP contribution in [-0.2, 0) is 28.7 Å². The predicted octanol–water partition coefficient (Wildman–Crippen LogP) is -0.175. The van der Waals surface area contributed by atoms with Crippen molar-refractivity contribution in [1.82, 2.24) is 21.3 Å². The maximum atomic E-state index is 12.8. The Balaban J connectivity index is 2.01. The van der Waals surface area contributed by atoms with Crippen LogP contribution in [0.2, 0.25) is 0 Å². The quantitative estimate of drug-likeness (QED) is 0.0920. The summed E-state index contributed by atoms with van der Waals surface area (Å²) in [6.45, 7) is 1.16. The third-order valence-electron chi connectivity index (χ3n) is 6.21. The van der Waals surface area contributed by atoms with Gasteiger partial charge in [-0.25, -0.2) is 0 Å². The van der Waals surface area contributed by atoms with Crippen LogP contribution in [0.4, 0.5) is 0 Å². The molecular weight excluding hydrogens is 520 g/mol. The Morgan fingerprint density at radius 1 is 0.775 bits per heavy atom. The van der Waals surface area contributed by atoms with E-state index in [9.17, 15) is 34.2 Å². The summed E-state index contributed by atoms with van der Waals surface area (Å²) in [4.78, 5) is 61.2. The SMILES string of the molecule is CCCC/C=C/CC/C=C/C=C/C=C/CC1NC(=O)CNC(=O)CNC(=O)C(O)C2OC(=O)CC2NC(=O)C1O. The Labute approximate surface area is 234 Å². The molecular formula is C28H40N4O8. The van der Waals surface area contributed by atoms with Crippen LogP contribution in [0.5, 0.6) is 0 Å². The maximum absolute atomic E-state index is 12.8. The molecule has 6 N–H and O–H groups in total. The van der Waals surface area contributed by atoms with Crippen molar-refractivity contribution in [3.05, 3.63) is 48.6 Å². The van der Waals surface area contributed by atoms with E-state index in [1.807, 2.05) is 18.2 Å². The van der Waals surface area contributed by atoms with Crippen LogP contribution in [-0.4, -0.2) is 83.3 Å². The first kappa shape index (κ1) is 32.4. The van der Waals surface area contributed by atoms with Crippen LogP contribution in [0.3, 0.4) is 0 Å². The number of carbonyl (C=O) groups excluding carboxylic acids is 5. The van der Waals surface area contributed by atoms with Gasteiger partial charge in [-0.2, -0.15) is 0 Å². The van der Waals surface area contributed by atoms with Crippen LogP contribution in [0.25, 0.3) is 0 Å². The van der Waals surface area contributed by atoms with Crippen molar-refractivity contribution in [3.8, 4) is 0 Å². The van der Waals surface area contributed by atoms with Crippen molar-refractivity contribution in [1.29, 1.82) is 0 Å². The second kappa shape index (κ2) is 17.7. The highest BCUT2D eigenvalue weighted by atomic mass is 16.6. The molecule has 0 aromatic heterocycles. The summed E-state index contributed by atoms with van der Waals surface area (Å²) in [6, 6.07) is -2.18. The first-order chi connectivity index (χ1) is 19.2. The second-order valence-electron chi connectivity index (χ2n) is 9.50. The Bertz CT molecular complexity index is 1010. The zero-order valence-corrected chi connectivity index (χ0v) is 22.7. The van der Waals surface area contributed by atoms with E-state index in [2.05, 4.69) is 40.3 Å². The van der Waals surface area contributed by atoms with Gasteiger partial charge in [0, 0.05) is 0 Å². The average molecular weight is 561 g/mol. The molecule has 12 nitrogen and oxygen atoms in total. The fourth-order valence-corrected chi connectivity index (χ4v) is 3.99. The van der Waals surface area contributed by atoms with Gasteiger partial charge >= 0.3 is 5.97 Å². The predicted molar refractivity (Wildman–Crippen MR) is 146 cm³/mol. The number of carbonyl (C=O) groups is 5. The minimum atomic E-state index is -1.87. The van der Waals surface area contributed by atoms with Crippen LogP contribution in [0.1, 0.15) is 51.9 Å². The summed E-state index contributed by atoms with van der Waals surface area (Å²) >= 11 is 0. The number of esters is 1. The maximum Gasteiger partial charge on any atom is 0.308 e. The van der Waals surface area contributed by atoms with Crippen molar-refractivity contribution in [2.75, 3.05) is 13.1 Å². The molecule has 5 atom stereocenters. The van der Waals surface area contributed by atoms with Crippen molar-refractivity contribution >= 4 is 29.6 Å². The lowest BCUT2D eigenvalue weighted by molar-refractivity contribution is -0.151. The molecule has 12 heteroatoms. The van der Waals surface area contributed by atoms with Crippen molar-refractivity contribution < 1.29 is 38.9 Å². The van der Waals surface area contributed by atoms with Crippen LogP contribution >= 0.6 is 0 Å². The normalized spacial score (nSPS) is 27.3. The van der Waals surface area contributed by atoms with E-state index < -0.39 is 73.1 Å². The number of nitrogens with one attached hydrogen (secondary N) is 4. The van der Waals surface area contributed by atoms with Gasteiger partial charge in [0.2, 0.25) is 11.8 Å². The molecule has 220 valence electrons. The topological polar surface area (TPSA) is 183 Å². The molecule has 40 heavy (non-hydrogen) atoms. The van der Waals surface area contributed by atoms with E-state index in [1.165, 1.54) is 12.8 Å². The summed E-state index contributed by atoms with van der Waals surface area (Å²) in [5, 5.41) is 30.5. The number of amides is 4. The van der Waals surface area contributed by atoms with Gasteiger partial charge in [0.05, 0.1) is 31.6 Å². The van der Waals surface area contributed by atoms with Gasteiger partial charge in [0.15, 0.2) is 18.3 Å². The molecule has 0 aromatic rings. The Kier molecular flexibility index (Phi) is 14.4. The molecule has 0 bridgehead atoms. The van der Waals surface area contributed by atoms with Crippen LogP contribution in [0.15, 0.2) is 48.6 Å². The van der Waals surface area contributed by atoms with Gasteiger partial charge in [-0.3, -0.25) is 24.0 Å². The van der Waals surface area contributed by atoms with Crippen molar-refractivity contribution in [2.45, 2.75) is 82.3 Å². The number of ether oxygens (including phenoxy) is 1. The van der Waals surface area contributed by atoms with E-state index in [4.69, 9.17) is 4.74 Å². The molecule has 0 spiro atoms. The Morgan fingerprint density at radius 3 is 2.20 bits per heavy atom. The van der Waals surface area contributed by atoms with Crippen LogP contribution < -0.4 is 21.3 Å². The van der Waals surface area contributed by atoms with Crippen molar-refractivity contribution in [3.63, 3.8) is 0 Å². The molecule has 2 rings (SSSR count). The fraction of sp³-hybridized carbons (Fsp3) is 0.536. The van der Waals surface area contributed by atoms with E-state index in [-0.39, 0.29) is 12.8 Å². The number of unbranched alkanes of at least 4 members (excludes halogenated alkanes) is 3. The van der Waals surface area contributed by atoms with E-state index in [0.717, 1.165) is 19.3 Å². The third kappa shape index (κ3) is 11.5. The molecule has 2 aliphatic heterocycles. The van der Waals surface area contributed by atoms with Crippen LogP contribution in [0, 0.1) is 0 Å². The fourth-order valence-electron chi connectivity index (χ4n) is 3.99. The summed E-state index contributed by atoms with van der Waals surface area (Å²) in [5.74, 6) is -4.06. The number of rotatable bonds is 10. The molecule has 2 heterocycles. The largest absolute Gasteiger partial charge is 0.457 e. The highest BCUT2D eigenvalue weighted by molar-refractivity contribution is 5.91. The molecule has 2 aliphatic rings. The van der Waals surface area contributed by atoms with Gasteiger partial charge in [0.25, 0.3) is 11.8 Å². The zero-order valence-electron chi connectivity index (χ0n) is 22.7. The number of allylic oxidation sites excluding steroid dienone is 7. The van der Waals surface area contributed by atoms with Gasteiger partial charge in [-0.05, 0) is 25.7 Å². The Hall–Kier alpha value is -3.77. The van der Waals surface area contributed by atoms with Gasteiger partial charge < -0.3 is 36.2 Å². The van der Waals surface area contributed by atoms with Gasteiger partial charge in [-0.15, -0.1) is 0 Å². The highest BCUT2D eigenvalue weighted by Gasteiger charge is 2.44. The smallest absolute Gasteiger partial charge is 0.308 e. The number of aliphatic hydroxyl groups is 2. The first-order valence-corrected chi connectivity index (χ1v) is 13.6. The molecule has 0 aromatic carbocycles. The number of fused-ring (bicyclic) bond motifs is 1. The Morgan fingerprint density at radius 2 is 1.45 bits per heavy atom. The molecule has 0 aliphatic carbocycles. The molecule has 5 unspecified atom stereocenters. The molecule has 2 fully saturated rings. The molecule has 0 radical (unpaired) electrons. The molecule has 0 saturated carbocycles. The summed E-state index contributed by atoms with van der Waals surface area (Å²) in [6.07, 6.45) is 15.4. The standard InChI is InChI=1S/C28H40N4O8/c1-2-3-4-5-6-7-8-9-10-11-12-13-14-15-19-24(36)28(39)32-20-16-23(35)40-26(20)25(37)27(38)30-17-21(33)29-18-22(34)31-19/h5-6,9-14,19-20,24-26,36-37H,2-4,7-8,15-18H2,1H3,(H,29,33)(H,30,38)(H,31,34)(H,32,39)/b6-5+,10-9+,12-11+,14-13+. The average Bonchev–Trinajstić information content (AvgIpc) is 3.30.